The molecule has 0 aliphatic heterocycles. The average Bonchev–Trinajstić information content (AvgIpc) is 3.05. The summed E-state index contributed by atoms with van der Waals surface area (Å²) in [7, 11) is 0. The summed E-state index contributed by atoms with van der Waals surface area (Å²) in [6, 6.07) is 18.3. The van der Waals surface area contributed by atoms with Gasteiger partial charge in [0.1, 0.15) is 5.75 Å². The predicted octanol–water partition coefficient (Wildman–Crippen LogP) is 5.38. The second kappa shape index (κ2) is 6.84. The number of pyridine rings is 1. The Labute approximate surface area is 149 Å². The Morgan fingerprint density at radius 2 is 1.81 bits per heavy atom. The first-order chi connectivity index (χ1) is 12.7. The minimum absolute atomic E-state index is 0.353. The smallest absolute Gasteiger partial charge is 0.268 e. The van der Waals surface area contributed by atoms with Crippen LogP contribution < -0.4 is 9.47 Å². The van der Waals surface area contributed by atoms with E-state index in [9.17, 15) is 4.39 Å². The van der Waals surface area contributed by atoms with Gasteiger partial charge < -0.3 is 14.0 Å². The lowest BCUT2D eigenvalue weighted by molar-refractivity contribution is 0.0861. The minimum atomic E-state index is -1.35. The molecule has 0 saturated heterocycles. The van der Waals surface area contributed by atoms with Crippen LogP contribution in [0.2, 0.25) is 0 Å². The first-order valence-electron chi connectivity index (χ1n) is 8.08. The van der Waals surface area contributed by atoms with E-state index in [0.29, 0.717) is 23.1 Å². The van der Waals surface area contributed by atoms with Crippen LogP contribution in [0.4, 0.5) is 4.39 Å². The molecule has 5 nitrogen and oxygen atoms in total. The van der Waals surface area contributed by atoms with Crippen molar-refractivity contribution in [1.29, 1.82) is 0 Å². The predicted molar refractivity (Wildman–Crippen MR) is 95.0 cm³/mol. The normalized spacial score (nSPS) is 12.1. The van der Waals surface area contributed by atoms with Gasteiger partial charge in [0.2, 0.25) is 12.2 Å². The van der Waals surface area contributed by atoms with Crippen LogP contribution in [-0.2, 0) is 0 Å². The Morgan fingerprint density at radius 1 is 1.00 bits per heavy atom. The fraction of sp³-hybridized carbons (Fsp3) is 0.100. The van der Waals surface area contributed by atoms with E-state index < -0.39 is 6.36 Å². The Morgan fingerprint density at radius 3 is 2.54 bits per heavy atom. The van der Waals surface area contributed by atoms with Crippen LogP contribution in [0.5, 0.6) is 17.5 Å². The number of benzene rings is 2. The maximum Gasteiger partial charge on any atom is 0.268 e. The van der Waals surface area contributed by atoms with E-state index in [4.69, 9.17) is 14.0 Å². The number of rotatable bonds is 5. The topological polar surface area (TPSA) is 57.4 Å². The van der Waals surface area contributed by atoms with E-state index in [1.165, 1.54) is 6.92 Å². The number of hydrogen-bond donors (Lipinski definition) is 0. The molecule has 0 spiro atoms. The number of halogens is 1. The summed E-state index contributed by atoms with van der Waals surface area (Å²) >= 11 is 0. The van der Waals surface area contributed by atoms with Gasteiger partial charge >= 0.3 is 0 Å². The Hall–Kier alpha value is -3.41. The molecule has 1 atom stereocenters. The second-order valence-corrected chi connectivity index (χ2v) is 5.65. The molecule has 0 aliphatic carbocycles. The zero-order valence-corrected chi connectivity index (χ0v) is 13.9. The highest BCUT2D eigenvalue weighted by Crippen LogP contribution is 2.32. The molecule has 0 amide bonds. The van der Waals surface area contributed by atoms with E-state index in [-0.39, 0.29) is 0 Å². The van der Waals surface area contributed by atoms with E-state index in [1.807, 2.05) is 42.5 Å². The molecule has 2 aromatic carbocycles. The van der Waals surface area contributed by atoms with Gasteiger partial charge in [-0.2, -0.15) is 0 Å². The molecule has 4 aromatic rings. The van der Waals surface area contributed by atoms with E-state index in [2.05, 4.69) is 10.1 Å². The number of alkyl halides is 1. The van der Waals surface area contributed by atoms with Crippen LogP contribution in [-0.4, -0.2) is 16.5 Å². The third-order valence-corrected chi connectivity index (χ3v) is 3.76. The number of aromatic nitrogens is 2. The molecule has 6 heteroatoms. The largest absolute Gasteiger partial charge is 0.461 e. The van der Waals surface area contributed by atoms with Crippen molar-refractivity contribution in [2.24, 2.45) is 0 Å². The fourth-order valence-electron chi connectivity index (χ4n) is 2.59. The summed E-state index contributed by atoms with van der Waals surface area (Å²) in [4.78, 5) is 4.13. The summed E-state index contributed by atoms with van der Waals surface area (Å²) < 4.78 is 29.0. The van der Waals surface area contributed by atoms with Crippen molar-refractivity contribution < 1.29 is 18.4 Å². The first kappa shape index (κ1) is 16.1. The highest BCUT2D eigenvalue weighted by atomic mass is 19.1. The van der Waals surface area contributed by atoms with Crippen molar-refractivity contribution in [3.05, 3.63) is 66.9 Å². The summed E-state index contributed by atoms with van der Waals surface area (Å²) in [5.41, 5.74) is 2.52. The van der Waals surface area contributed by atoms with Gasteiger partial charge in [0.25, 0.3) is 5.88 Å². The van der Waals surface area contributed by atoms with Crippen LogP contribution in [0.15, 0.2) is 71.4 Å². The van der Waals surface area contributed by atoms with Crippen molar-refractivity contribution in [2.75, 3.05) is 0 Å². The lowest BCUT2D eigenvalue weighted by Gasteiger charge is -2.08. The van der Waals surface area contributed by atoms with E-state index in [1.54, 1.807) is 24.4 Å². The summed E-state index contributed by atoms with van der Waals surface area (Å²) in [5, 5.41) is 4.71. The SMILES string of the molecule is CC(F)Oc1ccc(-c2ccc3onc(Oc4ccccn4)c3c2)cc1. The van der Waals surface area contributed by atoms with Crippen LogP contribution in [0, 0.1) is 0 Å². The number of fused-ring (bicyclic) bond motifs is 1. The van der Waals surface area contributed by atoms with Gasteiger partial charge in [-0.15, -0.1) is 0 Å². The molecule has 0 N–H and O–H groups in total. The Kier molecular flexibility index (Phi) is 4.23. The van der Waals surface area contributed by atoms with E-state index in [0.717, 1.165) is 16.5 Å². The standard InChI is InChI=1S/C20H15FN2O3/c1-13(21)24-16-8-5-14(6-9-16)15-7-10-18-17(12-15)20(23-26-18)25-19-4-2-3-11-22-19/h2-13H,1H3. The third-order valence-electron chi connectivity index (χ3n) is 3.76. The molecule has 0 radical (unpaired) electrons. The number of hydrogen-bond acceptors (Lipinski definition) is 5. The molecule has 0 aliphatic rings. The van der Waals surface area contributed by atoms with Crippen LogP contribution in [0.3, 0.4) is 0 Å². The van der Waals surface area contributed by atoms with Crippen LogP contribution in [0.1, 0.15) is 6.92 Å². The van der Waals surface area contributed by atoms with Crippen molar-refractivity contribution in [3.8, 4) is 28.6 Å². The van der Waals surface area contributed by atoms with E-state index >= 15 is 0 Å². The molecular formula is C20H15FN2O3. The minimum Gasteiger partial charge on any atom is -0.461 e. The Bertz CT molecular complexity index is 1010. The molecule has 2 heterocycles. The monoisotopic (exact) mass is 350 g/mol. The lowest BCUT2D eigenvalue weighted by atomic mass is 10.0. The molecule has 0 saturated carbocycles. The highest BCUT2D eigenvalue weighted by Gasteiger charge is 2.12. The fourth-order valence-corrected chi connectivity index (χ4v) is 2.59. The molecule has 4 rings (SSSR count). The van der Waals surface area contributed by atoms with Crippen molar-refractivity contribution in [1.82, 2.24) is 10.1 Å². The number of ether oxygens (including phenoxy) is 2. The highest BCUT2D eigenvalue weighted by molar-refractivity contribution is 5.87. The van der Waals surface area contributed by atoms with Crippen molar-refractivity contribution in [3.63, 3.8) is 0 Å². The van der Waals surface area contributed by atoms with Crippen LogP contribution in [0.25, 0.3) is 22.1 Å². The maximum atomic E-state index is 12.9. The lowest BCUT2D eigenvalue weighted by Crippen LogP contribution is -2.03. The summed E-state index contributed by atoms with van der Waals surface area (Å²) in [6.07, 6.45) is 0.297. The summed E-state index contributed by atoms with van der Waals surface area (Å²) in [5.74, 6) is 1.27. The molecule has 26 heavy (non-hydrogen) atoms. The second-order valence-electron chi connectivity index (χ2n) is 5.65. The van der Waals surface area contributed by atoms with Crippen LogP contribution >= 0.6 is 0 Å². The van der Waals surface area contributed by atoms with Gasteiger partial charge in [-0.05, 0) is 46.6 Å². The first-order valence-corrected chi connectivity index (χ1v) is 8.08. The van der Waals surface area contributed by atoms with Gasteiger partial charge in [-0.3, -0.25) is 0 Å². The zero-order valence-electron chi connectivity index (χ0n) is 13.9. The summed E-state index contributed by atoms with van der Waals surface area (Å²) in [6.45, 7) is 1.34. The molecule has 0 fully saturated rings. The molecule has 2 aromatic heterocycles. The maximum absolute atomic E-state index is 12.9. The average molecular weight is 350 g/mol. The molecule has 0 bridgehead atoms. The van der Waals surface area contributed by atoms with Gasteiger partial charge in [0, 0.05) is 19.2 Å². The molecule has 130 valence electrons. The third kappa shape index (κ3) is 3.35. The van der Waals surface area contributed by atoms with Gasteiger partial charge in [0.05, 0.1) is 5.39 Å². The molecule has 1 unspecified atom stereocenters. The quantitative estimate of drug-likeness (QED) is 0.484. The van der Waals surface area contributed by atoms with Crippen molar-refractivity contribution >= 4 is 11.0 Å². The van der Waals surface area contributed by atoms with Gasteiger partial charge in [0.15, 0.2) is 5.58 Å². The zero-order chi connectivity index (χ0) is 17.9. The van der Waals surface area contributed by atoms with Gasteiger partial charge in [-0.25, -0.2) is 9.37 Å². The Balaban J connectivity index is 1.65. The number of nitrogens with zero attached hydrogens (tertiary/aromatic N) is 2. The molecular weight excluding hydrogens is 335 g/mol. The van der Waals surface area contributed by atoms with Gasteiger partial charge in [-0.1, -0.05) is 24.3 Å². The van der Waals surface area contributed by atoms with Crippen molar-refractivity contribution in [2.45, 2.75) is 13.3 Å².